The highest BCUT2D eigenvalue weighted by Crippen LogP contribution is 2.17. The summed E-state index contributed by atoms with van der Waals surface area (Å²) in [6.07, 6.45) is 0. The van der Waals surface area contributed by atoms with Crippen LogP contribution >= 0.6 is 0 Å². The van der Waals surface area contributed by atoms with Crippen molar-refractivity contribution in [3.63, 3.8) is 0 Å². The Kier molecular flexibility index (Phi) is 2.87. The van der Waals surface area contributed by atoms with Crippen LogP contribution in [-0.2, 0) is 0 Å². The molecular weight excluding hydrogens is 186 g/mol. The Labute approximate surface area is 72.2 Å². The minimum Gasteiger partial charge on any atom is -0.322 e. The van der Waals surface area contributed by atoms with Gasteiger partial charge in [0.1, 0.15) is 6.67 Å². The topological polar surface area (TPSA) is 26.0 Å². The lowest BCUT2D eigenvalue weighted by atomic mass is 10.1. The first-order valence-electron chi connectivity index (χ1n) is 3.52. The second kappa shape index (κ2) is 3.74. The first-order valence-corrected chi connectivity index (χ1v) is 3.52. The molecule has 0 saturated heterocycles. The molecule has 0 aliphatic rings. The number of benzene rings is 1. The van der Waals surface area contributed by atoms with Gasteiger partial charge in [0.25, 0.3) is 0 Å². The highest BCUT2D eigenvalue weighted by molar-refractivity contribution is 5.22. The van der Waals surface area contributed by atoms with E-state index in [1.54, 1.807) is 0 Å². The van der Waals surface area contributed by atoms with Gasteiger partial charge in [-0.3, -0.25) is 0 Å². The van der Waals surface area contributed by atoms with Crippen molar-refractivity contribution in [2.24, 2.45) is 5.73 Å². The summed E-state index contributed by atoms with van der Waals surface area (Å²) in [7, 11) is 0. The van der Waals surface area contributed by atoms with E-state index in [4.69, 9.17) is 5.73 Å². The third kappa shape index (κ3) is 1.98. The third-order valence-corrected chi connectivity index (χ3v) is 1.60. The predicted octanol–water partition coefficient (Wildman–Crippen LogP) is 2.07. The molecule has 1 nitrogen and oxygen atoms in total. The van der Waals surface area contributed by atoms with Crippen molar-refractivity contribution in [3.05, 3.63) is 35.1 Å². The molecule has 1 rings (SSSR count). The fraction of sp³-hybridized carbons (Fsp3) is 0.250. The van der Waals surface area contributed by atoms with E-state index in [0.29, 0.717) is 12.1 Å². The second-order valence-corrected chi connectivity index (χ2v) is 2.56. The van der Waals surface area contributed by atoms with Crippen molar-refractivity contribution < 1.29 is 17.6 Å². The molecule has 0 fully saturated rings. The van der Waals surface area contributed by atoms with Crippen LogP contribution in [0.2, 0.25) is 0 Å². The number of hydrogen-bond acceptors (Lipinski definition) is 1. The average Bonchev–Trinajstić information content (AvgIpc) is 2.12. The second-order valence-electron chi connectivity index (χ2n) is 2.56. The van der Waals surface area contributed by atoms with Crippen LogP contribution < -0.4 is 5.73 Å². The molecule has 0 spiro atoms. The van der Waals surface area contributed by atoms with Crippen LogP contribution in [0.3, 0.4) is 0 Å². The van der Waals surface area contributed by atoms with Gasteiger partial charge in [0, 0.05) is 0 Å². The molecular formula is C8H7F4N. The molecule has 72 valence electrons. The molecule has 1 aromatic rings. The van der Waals surface area contributed by atoms with Gasteiger partial charge in [-0.25, -0.2) is 17.6 Å². The highest BCUT2D eigenvalue weighted by atomic mass is 19.2. The maximum absolute atomic E-state index is 12.5. The SMILES string of the molecule is NC(CF)c1cc(F)c(F)c(F)c1. The number of alkyl halides is 1. The molecule has 0 bridgehead atoms. The van der Waals surface area contributed by atoms with E-state index >= 15 is 0 Å². The first kappa shape index (κ1) is 9.98. The highest BCUT2D eigenvalue weighted by Gasteiger charge is 2.14. The minimum atomic E-state index is -1.57. The van der Waals surface area contributed by atoms with Crippen LogP contribution in [0.1, 0.15) is 11.6 Å². The number of rotatable bonds is 2. The zero-order valence-corrected chi connectivity index (χ0v) is 6.53. The third-order valence-electron chi connectivity index (χ3n) is 1.60. The molecule has 1 aromatic carbocycles. The quantitative estimate of drug-likeness (QED) is 0.564. The fourth-order valence-corrected chi connectivity index (χ4v) is 0.878. The lowest BCUT2D eigenvalue weighted by Gasteiger charge is -2.07. The van der Waals surface area contributed by atoms with Gasteiger partial charge in [0.15, 0.2) is 17.5 Å². The van der Waals surface area contributed by atoms with Gasteiger partial charge >= 0.3 is 0 Å². The fourth-order valence-electron chi connectivity index (χ4n) is 0.878. The molecule has 0 aliphatic carbocycles. The molecule has 1 atom stereocenters. The van der Waals surface area contributed by atoms with E-state index in [2.05, 4.69) is 0 Å². The lowest BCUT2D eigenvalue weighted by Crippen LogP contribution is -2.13. The van der Waals surface area contributed by atoms with E-state index < -0.39 is 30.2 Å². The van der Waals surface area contributed by atoms with Gasteiger partial charge in [0.2, 0.25) is 0 Å². The lowest BCUT2D eigenvalue weighted by molar-refractivity contribution is 0.421. The Bertz CT molecular complexity index is 290. The van der Waals surface area contributed by atoms with E-state index in [1.807, 2.05) is 0 Å². The Hall–Kier alpha value is -1.10. The molecule has 0 radical (unpaired) electrons. The molecule has 5 heteroatoms. The zero-order valence-electron chi connectivity index (χ0n) is 6.53. The standard InChI is InChI=1S/C8H7F4N/c9-3-7(13)4-1-5(10)8(12)6(11)2-4/h1-2,7H,3,13H2. The van der Waals surface area contributed by atoms with Crippen LogP contribution in [0, 0.1) is 17.5 Å². The van der Waals surface area contributed by atoms with E-state index in [9.17, 15) is 17.6 Å². The molecule has 1 unspecified atom stereocenters. The smallest absolute Gasteiger partial charge is 0.194 e. The van der Waals surface area contributed by atoms with Crippen LogP contribution in [-0.4, -0.2) is 6.67 Å². The normalized spacial score (nSPS) is 13.0. The molecule has 0 saturated carbocycles. The van der Waals surface area contributed by atoms with Crippen LogP contribution in [0.15, 0.2) is 12.1 Å². The average molecular weight is 193 g/mol. The maximum atomic E-state index is 12.5. The summed E-state index contributed by atoms with van der Waals surface area (Å²) in [5.74, 6) is -4.30. The molecule has 0 aliphatic heterocycles. The van der Waals surface area contributed by atoms with Gasteiger partial charge in [-0.1, -0.05) is 0 Å². The Morgan fingerprint density at radius 3 is 2.00 bits per heavy atom. The predicted molar refractivity (Wildman–Crippen MR) is 39.2 cm³/mol. The largest absolute Gasteiger partial charge is 0.322 e. The Balaban J connectivity index is 3.13. The van der Waals surface area contributed by atoms with Crippen molar-refractivity contribution in [2.75, 3.05) is 6.67 Å². The molecule has 0 aromatic heterocycles. The summed E-state index contributed by atoms with van der Waals surface area (Å²) >= 11 is 0. The van der Waals surface area contributed by atoms with E-state index in [0.717, 1.165) is 0 Å². The van der Waals surface area contributed by atoms with Gasteiger partial charge in [-0.2, -0.15) is 0 Å². The Morgan fingerprint density at radius 2 is 1.62 bits per heavy atom. The number of halogens is 4. The molecule has 2 N–H and O–H groups in total. The van der Waals surface area contributed by atoms with Crippen LogP contribution in [0.25, 0.3) is 0 Å². The summed E-state index contributed by atoms with van der Waals surface area (Å²) in [6, 6.07) is 0.246. The zero-order chi connectivity index (χ0) is 10.0. The summed E-state index contributed by atoms with van der Waals surface area (Å²) in [4.78, 5) is 0. The summed E-state index contributed by atoms with van der Waals surface area (Å²) in [5.41, 5.74) is 5.05. The molecule has 0 heterocycles. The van der Waals surface area contributed by atoms with Crippen LogP contribution in [0.4, 0.5) is 17.6 Å². The monoisotopic (exact) mass is 193 g/mol. The maximum Gasteiger partial charge on any atom is 0.194 e. The summed E-state index contributed by atoms with van der Waals surface area (Å²) < 4.78 is 49.5. The van der Waals surface area contributed by atoms with Crippen molar-refractivity contribution in [1.29, 1.82) is 0 Å². The van der Waals surface area contributed by atoms with Crippen molar-refractivity contribution in [3.8, 4) is 0 Å². The summed E-state index contributed by atoms with van der Waals surface area (Å²) in [6.45, 7) is -0.954. The van der Waals surface area contributed by atoms with E-state index in [1.165, 1.54) is 0 Å². The van der Waals surface area contributed by atoms with Gasteiger partial charge in [-0.05, 0) is 17.7 Å². The number of nitrogens with two attached hydrogens (primary N) is 1. The van der Waals surface area contributed by atoms with Crippen molar-refractivity contribution in [1.82, 2.24) is 0 Å². The van der Waals surface area contributed by atoms with Gasteiger partial charge in [-0.15, -0.1) is 0 Å². The van der Waals surface area contributed by atoms with Crippen molar-refractivity contribution in [2.45, 2.75) is 6.04 Å². The number of hydrogen-bond donors (Lipinski definition) is 1. The van der Waals surface area contributed by atoms with Crippen molar-refractivity contribution >= 4 is 0 Å². The van der Waals surface area contributed by atoms with E-state index in [-0.39, 0.29) is 5.56 Å². The first-order chi connectivity index (χ1) is 6.06. The van der Waals surface area contributed by atoms with Gasteiger partial charge < -0.3 is 5.73 Å². The Morgan fingerprint density at radius 1 is 1.15 bits per heavy atom. The van der Waals surface area contributed by atoms with Crippen LogP contribution in [0.5, 0.6) is 0 Å². The minimum absolute atomic E-state index is 0.0982. The van der Waals surface area contributed by atoms with Gasteiger partial charge in [0.05, 0.1) is 6.04 Å². The molecule has 0 amide bonds. The molecule has 13 heavy (non-hydrogen) atoms. The summed E-state index contributed by atoms with van der Waals surface area (Å²) in [5, 5.41) is 0.